The summed E-state index contributed by atoms with van der Waals surface area (Å²) in [5, 5.41) is 15.4. The quantitative estimate of drug-likeness (QED) is 0.303. The number of nitrogens with zero attached hydrogens (tertiary/aromatic N) is 3. The van der Waals surface area contributed by atoms with Crippen molar-refractivity contribution in [2.45, 2.75) is 0 Å². The molecule has 0 radical (unpaired) electrons. The SMILES string of the molecule is O=C(N/N=C\c1ccc([N+](=O)[O-])cc1)c1cc(-c2ccccc2)nc2ccccc12. The van der Waals surface area contributed by atoms with Gasteiger partial charge in [0.15, 0.2) is 0 Å². The summed E-state index contributed by atoms with van der Waals surface area (Å²) in [5.41, 5.74) is 5.92. The number of amides is 1. The molecular weight excluding hydrogens is 380 g/mol. The van der Waals surface area contributed by atoms with Gasteiger partial charge in [0.1, 0.15) is 0 Å². The van der Waals surface area contributed by atoms with Gasteiger partial charge in [0, 0.05) is 23.1 Å². The predicted molar refractivity (Wildman–Crippen MR) is 115 cm³/mol. The van der Waals surface area contributed by atoms with Crippen LogP contribution in [0.5, 0.6) is 0 Å². The number of para-hydroxylation sites is 1. The average molecular weight is 396 g/mol. The molecule has 3 aromatic carbocycles. The third-order valence-corrected chi connectivity index (χ3v) is 4.51. The van der Waals surface area contributed by atoms with Crippen molar-refractivity contribution in [3.05, 3.63) is 106 Å². The number of aromatic nitrogens is 1. The molecule has 0 aliphatic carbocycles. The van der Waals surface area contributed by atoms with E-state index >= 15 is 0 Å². The highest BCUT2D eigenvalue weighted by Crippen LogP contribution is 2.24. The zero-order valence-corrected chi connectivity index (χ0v) is 15.7. The number of hydrogen-bond donors (Lipinski definition) is 1. The minimum atomic E-state index is -0.471. The van der Waals surface area contributed by atoms with Crippen LogP contribution in [0.15, 0.2) is 90.0 Å². The third kappa shape index (κ3) is 4.05. The highest BCUT2D eigenvalue weighted by Gasteiger charge is 2.13. The number of carbonyl (C=O) groups excluding carboxylic acids is 1. The lowest BCUT2D eigenvalue weighted by Crippen LogP contribution is -2.18. The maximum absolute atomic E-state index is 12.8. The zero-order chi connectivity index (χ0) is 20.9. The molecule has 0 fully saturated rings. The summed E-state index contributed by atoms with van der Waals surface area (Å²) in [7, 11) is 0. The lowest BCUT2D eigenvalue weighted by molar-refractivity contribution is -0.384. The maximum Gasteiger partial charge on any atom is 0.272 e. The van der Waals surface area contributed by atoms with Gasteiger partial charge in [-0.3, -0.25) is 14.9 Å². The van der Waals surface area contributed by atoms with E-state index in [9.17, 15) is 14.9 Å². The van der Waals surface area contributed by atoms with Crippen LogP contribution in [0.2, 0.25) is 0 Å². The van der Waals surface area contributed by atoms with Crippen molar-refractivity contribution in [1.82, 2.24) is 10.4 Å². The van der Waals surface area contributed by atoms with Gasteiger partial charge in [-0.25, -0.2) is 10.4 Å². The molecule has 1 amide bonds. The molecule has 30 heavy (non-hydrogen) atoms. The highest BCUT2D eigenvalue weighted by atomic mass is 16.6. The first-order chi connectivity index (χ1) is 14.6. The van der Waals surface area contributed by atoms with Crippen LogP contribution in [-0.4, -0.2) is 22.0 Å². The number of pyridine rings is 1. The summed E-state index contributed by atoms with van der Waals surface area (Å²) in [4.78, 5) is 27.7. The van der Waals surface area contributed by atoms with Gasteiger partial charge in [0.25, 0.3) is 11.6 Å². The van der Waals surface area contributed by atoms with Crippen LogP contribution in [0, 0.1) is 10.1 Å². The fourth-order valence-corrected chi connectivity index (χ4v) is 3.03. The Kier molecular flexibility index (Phi) is 5.25. The first-order valence-corrected chi connectivity index (χ1v) is 9.15. The number of non-ortho nitro benzene ring substituents is 1. The standard InChI is InChI=1S/C23H16N4O3/c28-23(26-24-15-16-10-12-18(13-11-16)27(29)30)20-14-22(17-6-2-1-3-7-17)25-21-9-5-4-8-19(20)21/h1-15H,(H,26,28)/b24-15-. The molecular formula is C23H16N4O3. The summed E-state index contributed by atoms with van der Waals surface area (Å²) in [6.07, 6.45) is 1.43. The van der Waals surface area contributed by atoms with Crippen LogP contribution < -0.4 is 5.43 Å². The highest BCUT2D eigenvalue weighted by molar-refractivity contribution is 6.07. The summed E-state index contributed by atoms with van der Waals surface area (Å²) in [5.74, 6) is -0.371. The molecule has 7 nitrogen and oxygen atoms in total. The van der Waals surface area contributed by atoms with Crippen LogP contribution in [0.25, 0.3) is 22.2 Å². The van der Waals surface area contributed by atoms with E-state index in [1.54, 1.807) is 18.2 Å². The fraction of sp³-hybridized carbons (Fsp3) is 0. The van der Waals surface area contributed by atoms with Crippen molar-refractivity contribution in [3.63, 3.8) is 0 Å². The Bertz CT molecular complexity index is 1250. The van der Waals surface area contributed by atoms with Gasteiger partial charge in [-0.2, -0.15) is 5.10 Å². The molecule has 0 spiro atoms. The minimum Gasteiger partial charge on any atom is -0.267 e. The smallest absolute Gasteiger partial charge is 0.267 e. The van der Waals surface area contributed by atoms with Crippen LogP contribution in [0.1, 0.15) is 15.9 Å². The van der Waals surface area contributed by atoms with E-state index in [2.05, 4.69) is 15.5 Å². The number of nitro benzene ring substituents is 1. The Hall–Kier alpha value is -4.39. The van der Waals surface area contributed by atoms with Gasteiger partial charge in [0.05, 0.1) is 27.9 Å². The maximum atomic E-state index is 12.8. The van der Waals surface area contributed by atoms with Crippen LogP contribution in [-0.2, 0) is 0 Å². The Morgan fingerprint density at radius 3 is 2.40 bits per heavy atom. The van der Waals surface area contributed by atoms with Gasteiger partial charge in [-0.05, 0) is 29.8 Å². The summed E-state index contributed by atoms with van der Waals surface area (Å²) in [6, 6.07) is 24.7. The number of rotatable bonds is 5. The van der Waals surface area contributed by atoms with Gasteiger partial charge in [0.2, 0.25) is 0 Å². The lowest BCUT2D eigenvalue weighted by atomic mass is 10.0. The van der Waals surface area contributed by atoms with Gasteiger partial charge in [-0.1, -0.05) is 48.5 Å². The van der Waals surface area contributed by atoms with Crippen LogP contribution >= 0.6 is 0 Å². The minimum absolute atomic E-state index is 0.00659. The third-order valence-electron chi connectivity index (χ3n) is 4.51. The first-order valence-electron chi connectivity index (χ1n) is 9.15. The van der Waals surface area contributed by atoms with Gasteiger partial charge in [-0.15, -0.1) is 0 Å². The molecule has 4 aromatic rings. The molecule has 0 unspecified atom stereocenters. The fourth-order valence-electron chi connectivity index (χ4n) is 3.03. The summed E-state index contributed by atoms with van der Waals surface area (Å²) >= 11 is 0. The van der Waals surface area contributed by atoms with Crippen molar-refractivity contribution >= 4 is 28.7 Å². The Balaban J connectivity index is 1.61. The van der Waals surface area contributed by atoms with E-state index in [4.69, 9.17) is 0 Å². The van der Waals surface area contributed by atoms with E-state index in [1.165, 1.54) is 18.3 Å². The summed E-state index contributed by atoms with van der Waals surface area (Å²) in [6.45, 7) is 0. The van der Waals surface area contributed by atoms with E-state index < -0.39 is 4.92 Å². The second-order valence-corrected chi connectivity index (χ2v) is 6.49. The van der Waals surface area contributed by atoms with Crippen LogP contribution in [0.4, 0.5) is 5.69 Å². The van der Waals surface area contributed by atoms with E-state index in [1.807, 2.05) is 54.6 Å². The molecule has 1 aromatic heterocycles. The van der Waals surface area contributed by atoms with Gasteiger partial charge >= 0.3 is 0 Å². The van der Waals surface area contributed by atoms with Crippen molar-refractivity contribution < 1.29 is 9.72 Å². The Morgan fingerprint density at radius 2 is 1.67 bits per heavy atom. The van der Waals surface area contributed by atoms with E-state index in [0.717, 1.165) is 10.9 Å². The van der Waals surface area contributed by atoms with Crippen molar-refractivity contribution in [2.75, 3.05) is 0 Å². The number of carbonyl (C=O) groups is 1. The molecule has 0 aliphatic heterocycles. The Morgan fingerprint density at radius 1 is 0.967 bits per heavy atom. The van der Waals surface area contributed by atoms with E-state index in [0.29, 0.717) is 22.3 Å². The summed E-state index contributed by atoms with van der Waals surface area (Å²) < 4.78 is 0. The van der Waals surface area contributed by atoms with Crippen LogP contribution in [0.3, 0.4) is 0 Å². The lowest BCUT2D eigenvalue weighted by Gasteiger charge is -2.09. The van der Waals surface area contributed by atoms with Crippen molar-refractivity contribution in [1.29, 1.82) is 0 Å². The van der Waals surface area contributed by atoms with Gasteiger partial charge < -0.3 is 0 Å². The molecule has 1 heterocycles. The molecule has 7 heteroatoms. The molecule has 0 atom stereocenters. The zero-order valence-electron chi connectivity index (χ0n) is 15.7. The molecule has 0 bridgehead atoms. The average Bonchev–Trinajstić information content (AvgIpc) is 2.79. The number of nitrogens with one attached hydrogen (secondary N) is 1. The molecule has 0 aliphatic rings. The first kappa shape index (κ1) is 18.9. The number of hydrogen-bond acceptors (Lipinski definition) is 5. The molecule has 0 saturated heterocycles. The molecule has 4 rings (SSSR count). The number of benzene rings is 3. The second kappa shape index (κ2) is 8.32. The number of fused-ring (bicyclic) bond motifs is 1. The molecule has 1 N–H and O–H groups in total. The van der Waals surface area contributed by atoms with Crippen molar-refractivity contribution in [2.24, 2.45) is 5.10 Å². The monoisotopic (exact) mass is 396 g/mol. The number of nitro groups is 1. The second-order valence-electron chi connectivity index (χ2n) is 6.49. The normalized spacial score (nSPS) is 10.9. The van der Waals surface area contributed by atoms with E-state index in [-0.39, 0.29) is 11.6 Å². The number of hydrazone groups is 1. The largest absolute Gasteiger partial charge is 0.272 e. The molecule has 0 saturated carbocycles. The van der Waals surface area contributed by atoms with Crippen molar-refractivity contribution in [3.8, 4) is 11.3 Å². The predicted octanol–water partition coefficient (Wildman–Crippen LogP) is 4.57. The molecule has 146 valence electrons. The Labute approximate surface area is 171 Å². The topological polar surface area (TPSA) is 97.5 Å².